The van der Waals surface area contributed by atoms with Crippen molar-refractivity contribution in [3.8, 4) is 0 Å². The molecule has 0 bridgehead atoms. The summed E-state index contributed by atoms with van der Waals surface area (Å²) >= 11 is 0. The third-order valence-electron chi connectivity index (χ3n) is 2.00. The molecular formula is C11H18N2O3. The van der Waals surface area contributed by atoms with E-state index < -0.39 is 0 Å². The SMILES string of the molecule is C1COC1.O=C=NCCCCCCN=C=O. The maximum absolute atomic E-state index is 9.63. The van der Waals surface area contributed by atoms with Crippen LogP contribution in [0.2, 0.25) is 0 Å². The van der Waals surface area contributed by atoms with Gasteiger partial charge in [0.2, 0.25) is 12.2 Å². The standard InChI is InChI=1S/C8H12N2O2.C3H6O/c11-7-9-5-3-1-2-4-6-10-8-12;1-2-4-3-1/h1-6H2;1-3H2. The lowest BCUT2D eigenvalue weighted by Gasteiger charge is -2.09. The number of isocyanates is 2. The number of aliphatic imine (C=N–C) groups is 2. The summed E-state index contributed by atoms with van der Waals surface area (Å²) in [4.78, 5) is 26.1. The summed E-state index contributed by atoms with van der Waals surface area (Å²) in [6.07, 6.45) is 8.08. The van der Waals surface area contributed by atoms with Crippen LogP contribution < -0.4 is 0 Å². The van der Waals surface area contributed by atoms with Crippen LogP contribution in [0.4, 0.5) is 0 Å². The molecule has 1 saturated heterocycles. The lowest BCUT2D eigenvalue weighted by Crippen LogP contribution is -2.09. The van der Waals surface area contributed by atoms with Crippen molar-refractivity contribution in [2.24, 2.45) is 9.98 Å². The fourth-order valence-electron chi connectivity index (χ4n) is 0.971. The molecule has 0 N–H and O–H groups in total. The first-order valence-corrected chi connectivity index (χ1v) is 5.57. The van der Waals surface area contributed by atoms with Gasteiger partial charge in [0.15, 0.2) is 0 Å². The van der Waals surface area contributed by atoms with Crippen molar-refractivity contribution in [2.75, 3.05) is 26.3 Å². The van der Waals surface area contributed by atoms with Crippen LogP contribution in [0.15, 0.2) is 9.98 Å². The van der Waals surface area contributed by atoms with Crippen molar-refractivity contribution in [1.29, 1.82) is 0 Å². The van der Waals surface area contributed by atoms with Gasteiger partial charge in [-0.1, -0.05) is 12.8 Å². The highest BCUT2D eigenvalue weighted by Gasteiger charge is 1.94. The summed E-state index contributed by atoms with van der Waals surface area (Å²) in [5.41, 5.74) is 0. The van der Waals surface area contributed by atoms with Crippen molar-refractivity contribution >= 4 is 12.2 Å². The second-order valence-electron chi connectivity index (χ2n) is 3.33. The van der Waals surface area contributed by atoms with Crippen LogP contribution >= 0.6 is 0 Å². The van der Waals surface area contributed by atoms with Crippen LogP contribution in [0.25, 0.3) is 0 Å². The molecule has 0 radical (unpaired) electrons. The van der Waals surface area contributed by atoms with E-state index in [4.69, 9.17) is 4.74 Å². The predicted molar refractivity (Wildman–Crippen MR) is 59.9 cm³/mol. The number of unbranched alkanes of at least 4 members (excludes halogenated alkanes) is 3. The van der Waals surface area contributed by atoms with Crippen molar-refractivity contribution in [3.05, 3.63) is 0 Å². The van der Waals surface area contributed by atoms with Gasteiger partial charge in [-0.05, 0) is 19.3 Å². The van der Waals surface area contributed by atoms with E-state index in [0.29, 0.717) is 13.1 Å². The van der Waals surface area contributed by atoms with Crippen molar-refractivity contribution < 1.29 is 14.3 Å². The Kier molecular flexibility index (Phi) is 12.6. The first-order chi connectivity index (χ1) is 7.91. The van der Waals surface area contributed by atoms with Gasteiger partial charge in [0.1, 0.15) is 0 Å². The number of carbonyl (C=O) groups excluding carboxylic acids is 2. The van der Waals surface area contributed by atoms with Crippen molar-refractivity contribution in [1.82, 2.24) is 0 Å². The van der Waals surface area contributed by atoms with Crippen LogP contribution in [-0.4, -0.2) is 38.5 Å². The van der Waals surface area contributed by atoms with Gasteiger partial charge in [0.25, 0.3) is 0 Å². The lowest BCUT2D eigenvalue weighted by atomic mass is 10.2. The number of ether oxygens (including phenoxy) is 1. The van der Waals surface area contributed by atoms with Crippen molar-refractivity contribution in [2.45, 2.75) is 32.1 Å². The molecule has 1 rings (SSSR count). The van der Waals surface area contributed by atoms with Gasteiger partial charge in [-0.2, -0.15) is 0 Å². The van der Waals surface area contributed by atoms with E-state index in [-0.39, 0.29) is 0 Å². The Hall–Kier alpha value is -1.28. The van der Waals surface area contributed by atoms with Gasteiger partial charge in [-0.15, -0.1) is 0 Å². The predicted octanol–water partition coefficient (Wildman–Crippen LogP) is 1.63. The largest absolute Gasteiger partial charge is 0.381 e. The molecule has 0 amide bonds. The molecule has 0 aromatic heterocycles. The number of hydrogen-bond donors (Lipinski definition) is 0. The topological polar surface area (TPSA) is 68.1 Å². The molecule has 0 aliphatic carbocycles. The van der Waals surface area contributed by atoms with E-state index in [0.717, 1.165) is 38.9 Å². The zero-order chi connectivity index (χ0) is 11.9. The van der Waals surface area contributed by atoms with Gasteiger partial charge in [0, 0.05) is 13.2 Å². The Labute approximate surface area is 95.6 Å². The molecule has 1 fully saturated rings. The molecule has 0 unspecified atom stereocenters. The van der Waals surface area contributed by atoms with Crippen LogP contribution in [0.3, 0.4) is 0 Å². The first-order valence-electron chi connectivity index (χ1n) is 5.57. The summed E-state index contributed by atoms with van der Waals surface area (Å²) in [5, 5.41) is 0. The quantitative estimate of drug-likeness (QED) is 0.376. The molecule has 5 heteroatoms. The lowest BCUT2D eigenvalue weighted by molar-refractivity contribution is 0.0367. The minimum Gasteiger partial charge on any atom is -0.381 e. The highest BCUT2D eigenvalue weighted by Crippen LogP contribution is 1.99. The molecule has 1 aliphatic rings. The van der Waals surface area contributed by atoms with E-state index in [1.807, 2.05) is 0 Å². The Morgan fingerprint density at radius 1 is 0.875 bits per heavy atom. The Balaban J connectivity index is 0.000000462. The van der Waals surface area contributed by atoms with Crippen LogP contribution in [0, 0.1) is 0 Å². The minimum atomic E-state index is 0.556. The molecule has 1 aliphatic heterocycles. The number of rotatable bonds is 7. The molecule has 16 heavy (non-hydrogen) atoms. The van der Waals surface area contributed by atoms with E-state index >= 15 is 0 Å². The van der Waals surface area contributed by atoms with Gasteiger partial charge in [0.05, 0.1) is 13.1 Å². The first kappa shape index (κ1) is 14.7. The molecule has 0 spiro atoms. The van der Waals surface area contributed by atoms with Crippen LogP contribution in [-0.2, 0) is 14.3 Å². The maximum atomic E-state index is 9.63. The van der Waals surface area contributed by atoms with Gasteiger partial charge in [-0.3, -0.25) is 0 Å². The third kappa shape index (κ3) is 12.7. The zero-order valence-electron chi connectivity index (χ0n) is 9.48. The second-order valence-corrected chi connectivity index (χ2v) is 3.33. The summed E-state index contributed by atoms with van der Waals surface area (Å²) in [6, 6.07) is 0. The Morgan fingerprint density at radius 3 is 1.50 bits per heavy atom. The molecular weight excluding hydrogens is 208 g/mol. The number of nitrogens with zero attached hydrogens (tertiary/aromatic N) is 2. The Bertz CT molecular complexity index is 214. The summed E-state index contributed by atoms with van der Waals surface area (Å²) in [6.45, 7) is 3.11. The van der Waals surface area contributed by atoms with Crippen LogP contribution in [0.1, 0.15) is 32.1 Å². The smallest absolute Gasteiger partial charge is 0.234 e. The Morgan fingerprint density at radius 2 is 1.25 bits per heavy atom. The molecule has 5 nitrogen and oxygen atoms in total. The van der Waals surface area contributed by atoms with Gasteiger partial charge < -0.3 is 4.74 Å². The minimum absolute atomic E-state index is 0.556. The zero-order valence-corrected chi connectivity index (χ0v) is 9.48. The second kappa shape index (κ2) is 13.7. The van der Waals surface area contributed by atoms with E-state index in [2.05, 4.69) is 9.98 Å². The summed E-state index contributed by atoms with van der Waals surface area (Å²) in [7, 11) is 0. The van der Waals surface area contributed by atoms with E-state index in [1.165, 1.54) is 18.6 Å². The molecule has 1 heterocycles. The molecule has 0 saturated carbocycles. The van der Waals surface area contributed by atoms with Crippen LogP contribution in [0.5, 0.6) is 0 Å². The fourth-order valence-corrected chi connectivity index (χ4v) is 0.971. The average Bonchev–Trinajstić information content (AvgIpc) is 2.20. The van der Waals surface area contributed by atoms with Gasteiger partial charge >= 0.3 is 0 Å². The van der Waals surface area contributed by atoms with Gasteiger partial charge in [-0.25, -0.2) is 19.6 Å². The molecule has 90 valence electrons. The van der Waals surface area contributed by atoms with E-state index in [9.17, 15) is 9.59 Å². The normalized spacial score (nSPS) is 12.2. The molecule has 0 atom stereocenters. The highest BCUT2D eigenvalue weighted by molar-refractivity contribution is 5.32. The number of hydrogen-bond acceptors (Lipinski definition) is 5. The summed E-state index contributed by atoms with van der Waals surface area (Å²) < 4.78 is 4.72. The monoisotopic (exact) mass is 226 g/mol. The molecule has 0 aromatic rings. The van der Waals surface area contributed by atoms with Crippen molar-refractivity contribution in [3.63, 3.8) is 0 Å². The third-order valence-corrected chi connectivity index (χ3v) is 2.00. The highest BCUT2D eigenvalue weighted by atomic mass is 16.5. The average molecular weight is 226 g/mol. The maximum Gasteiger partial charge on any atom is 0.234 e. The molecule has 0 aromatic carbocycles. The summed E-state index contributed by atoms with van der Waals surface area (Å²) in [5.74, 6) is 0. The fraction of sp³-hybridized carbons (Fsp3) is 0.818. The van der Waals surface area contributed by atoms with E-state index in [1.54, 1.807) is 0 Å².